The average Bonchev–Trinajstić information content (AvgIpc) is 3.27. The molecule has 0 saturated carbocycles. The molecule has 33 heavy (non-hydrogen) atoms. The summed E-state index contributed by atoms with van der Waals surface area (Å²) in [6.45, 7) is 8.67. The van der Waals surface area contributed by atoms with Gasteiger partial charge in [0, 0.05) is 24.4 Å². The van der Waals surface area contributed by atoms with Gasteiger partial charge in [0.2, 0.25) is 0 Å². The highest BCUT2D eigenvalue weighted by Crippen LogP contribution is 2.31. The van der Waals surface area contributed by atoms with Gasteiger partial charge in [-0.2, -0.15) is 0 Å². The van der Waals surface area contributed by atoms with E-state index in [-0.39, 0.29) is 24.3 Å². The van der Waals surface area contributed by atoms with Crippen LogP contribution in [0.25, 0.3) is 0 Å². The van der Waals surface area contributed by atoms with Crippen LogP contribution >= 0.6 is 11.3 Å². The Balaban J connectivity index is 1.62. The Kier molecular flexibility index (Phi) is 8.07. The van der Waals surface area contributed by atoms with Crippen molar-refractivity contribution < 1.29 is 23.9 Å². The second-order valence-electron chi connectivity index (χ2n) is 8.88. The quantitative estimate of drug-likeness (QED) is 0.629. The maximum atomic E-state index is 12.9. The van der Waals surface area contributed by atoms with Crippen molar-refractivity contribution in [3.63, 3.8) is 0 Å². The normalized spacial score (nSPS) is 15.6. The molecule has 1 aromatic carbocycles. The van der Waals surface area contributed by atoms with Gasteiger partial charge in [-0.05, 0) is 46.1 Å². The topological polar surface area (TPSA) is 97.8 Å². The smallest absolute Gasteiger partial charge is 0.410 e. The van der Waals surface area contributed by atoms with Crippen LogP contribution in [0.15, 0.2) is 35.7 Å². The zero-order valence-electron chi connectivity index (χ0n) is 19.5. The number of amides is 2. The molecule has 8 nitrogen and oxygen atoms in total. The predicted molar refractivity (Wildman–Crippen MR) is 125 cm³/mol. The molecule has 0 spiro atoms. The van der Waals surface area contributed by atoms with E-state index in [9.17, 15) is 14.4 Å². The van der Waals surface area contributed by atoms with Gasteiger partial charge in [0.15, 0.2) is 6.04 Å². The molecule has 0 aliphatic carbocycles. The molecule has 1 atom stereocenters. The summed E-state index contributed by atoms with van der Waals surface area (Å²) in [5.41, 5.74) is 0.399. The van der Waals surface area contributed by atoms with Gasteiger partial charge >= 0.3 is 12.1 Å². The van der Waals surface area contributed by atoms with Crippen molar-refractivity contribution >= 4 is 29.3 Å². The maximum Gasteiger partial charge on any atom is 0.410 e. The molecular formula is C24H31N3O5S. The van der Waals surface area contributed by atoms with Crippen LogP contribution in [0.5, 0.6) is 0 Å². The number of nitrogens with one attached hydrogen (secondary N) is 1. The second kappa shape index (κ2) is 10.8. The lowest BCUT2D eigenvalue weighted by Crippen LogP contribution is -2.41. The standard InChI is InChI=1S/C24H31N3O5S/c1-5-31-22(29)19(16-9-7-6-8-10-16)26-20(28)18-15-33-21(25-18)17-11-13-27(14-12-17)23(30)32-24(2,3)4/h6-10,15,17,19H,5,11-14H2,1-4H3,(H,26,28). The van der Waals surface area contributed by atoms with Gasteiger partial charge in [-0.15, -0.1) is 11.3 Å². The van der Waals surface area contributed by atoms with Crippen molar-refractivity contribution in [1.29, 1.82) is 0 Å². The minimum absolute atomic E-state index is 0.171. The highest BCUT2D eigenvalue weighted by Gasteiger charge is 2.30. The first kappa shape index (κ1) is 24.7. The number of carbonyl (C=O) groups is 3. The van der Waals surface area contributed by atoms with Crippen LogP contribution in [0.1, 0.15) is 73.6 Å². The van der Waals surface area contributed by atoms with E-state index in [0.29, 0.717) is 18.7 Å². The molecule has 1 saturated heterocycles. The molecule has 9 heteroatoms. The molecule has 2 heterocycles. The highest BCUT2D eigenvalue weighted by atomic mass is 32.1. The zero-order chi connectivity index (χ0) is 24.0. The summed E-state index contributed by atoms with van der Waals surface area (Å²) in [4.78, 5) is 43.8. The Labute approximate surface area is 198 Å². The van der Waals surface area contributed by atoms with Crippen LogP contribution < -0.4 is 5.32 Å². The third-order valence-corrected chi connectivity index (χ3v) is 6.19. The zero-order valence-corrected chi connectivity index (χ0v) is 20.3. The number of benzene rings is 1. The van der Waals surface area contributed by atoms with E-state index in [1.54, 1.807) is 41.5 Å². The fourth-order valence-electron chi connectivity index (χ4n) is 3.57. The Morgan fingerprint density at radius 1 is 1.18 bits per heavy atom. The molecule has 1 aliphatic heterocycles. The SMILES string of the molecule is CCOC(=O)C(NC(=O)c1csc(C2CCN(C(=O)OC(C)(C)C)CC2)n1)c1ccccc1. The number of hydrogen-bond acceptors (Lipinski definition) is 7. The number of esters is 1. The predicted octanol–water partition coefficient (Wildman–Crippen LogP) is 4.29. The third-order valence-electron chi connectivity index (χ3n) is 5.18. The first-order valence-electron chi connectivity index (χ1n) is 11.1. The minimum Gasteiger partial charge on any atom is -0.464 e. The van der Waals surface area contributed by atoms with Crippen LogP contribution in [0.4, 0.5) is 4.79 Å². The monoisotopic (exact) mass is 473 g/mol. The van der Waals surface area contributed by atoms with Gasteiger partial charge in [-0.25, -0.2) is 14.6 Å². The number of piperidine rings is 1. The molecule has 1 aliphatic rings. The molecule has 1 fully saturated rings. The summed E-state index contributed by atoms with van der Waals surface area (Å²) in [5, 5.41) is 5.32. The number of likely N-dealkylation sites (tertiary alicyclic amines) is 1. The van der Waals surface area contributed by atoms with E-state index in [1.807, 2.05) is 26.8 Å². The molecule has 178 valence electrons. The molecule has 0 bridgehead atoms. The van der Waals surface area contributed by atoms with Crippen molar-refractivity contribution in [1.82, 2.24) is 15.2 Å². The maximum absolute atomic E-state index is 12.9. The lowest BCUT2D eigenvalue weighted by atomic mass is 9.98. The Morgan fingerprint density at radius 2 is 1.85 bits per heavy atom. The molecule has 1 unspecified atom stereocenters. The van der Waals surface area contributed by atoms with Gasteiger partial charge in [0.05, 0.1) is 11.6 Å². The Morgan fingerprint density at radius 3 is 2.45 bits per heavy atom. The lowest BCUT2D eigenvalue weighted by Gasteiger charge is -2.32. The molecular weight excluding hydrogens is 442 g/mol. The molecule has 3 rings (SSSR count). The number of aromatic nitrogens is 1. The van der Waals surface area contributed by atoms with E-state index in [1.165, 1.54) is 11.3 Å². The van der Waals surface area contributed by atoms with Crippen molar-refractivity contribution in [2.24, 2.45) is 0 Å². The largest absolute Gasteiger partial charge is 0.464 e. The molecule has 1 aromatic heterocycles. The van der Waals surface area contributed by atoms with Crippen molar-refractivity contribution in [3.05, 3.63) is 52.0 Å². The number of ether oxygens (including phenoxy) is 2. The summed E-state index contributed by atoms with van der Waals surface area (Å²) in [6.07, 6.45) is 1.21. The van der Waals surface area contributed by atoms with Gasteiger partial charge in [-0.1, -0.05) is 30.3 Å². The van der Waals surface area contributed by atoms with E-state index in [4.69, 9.17) is 9.47 Å². The first-order chi connectivity index (χ1) is 15.7. The molecule has 2 aromatic rings. The summed E-state index contributed by atoms with van der Waals surface area (Å²) in [7, 11) is 0. The summed E-state index contributed by atoms with van der Waals surface area (Å²) in [6, 6.07) is 8.09. The second-order valence-corrected chi connectivity index (χ2v) is 9.77. The van der Waals surface area contributed by atoms with Crippen LogP contribution in [0, 0.1) is 0 Å². The van der Waals surface area contributed by atoms with Gasteiger partial charge in [0.25, 0.3) is 5.91 Å². The molecule has 2 amide bonds. The van der Waals surface area contributed by atoms with Crippen LogP contribution in [0.3, 0.4) is 0 Å². The fraction of sp³-hybridized carbons (Fsp3) is 0.500. The Bertz CT molecular complexity index is 962. The minimum atomic E-state index is -0.902. The summed E-state index contributed by atoms with van der Waals surface area (Å²) >= 11 is 1.42. The van der Waals surface area contributed by atoms with Crippen molar-refractivity contribution in [2.75, 3.05) is 19.7 Å². The molecule has 0 radical (unpaired) electrons. The number of rotatable bonds is 6. The van der Waals surface area contributed by atoms with E-state index in [0.717, 1.165) is 17.8 Å². The lowest BCUT2D eigenvalue weighted by molar-refractivity contribution is -0.145. The van der Waals surface area contributed by atoms with E-state index in [2.05, 4.69) is 10.3 Å². The van der Waals surface area contributed by atoms with Crippen LogP contribution in [-0.4, -0.2) is 53.2 Å². The summed E-state index contributed by atoms with van der Waals surface area (Å²) < 4.78 is 10.6. The number of carbonyl (C=O) groups excluding carboxylic acids is 3. The Hall–Kier alpha value is -2.94. The van der Waals surface area contributed by atoms with Gasteiger partial charge < -0.3 is 19.7 Å². The first-order valence-corrected chi connectivity index (χ1v) is 12.0. The van der Waals surface area contributed by atoms with Crippen molar-refractivity contribution in [2.45, 2.75) is 58.1 Å². The highest BCUT2D eigenvalue weighted by molar-refractivity contribution is 7.09. The number of hydrogen-bond donors (Lipinski definition) is 1. The molecule has 1 N–H and O–H groups in total. The van der Waals surface area contributed by atoms with Gasteiger partial charge in [0.1, 0.15) is 11.3 Å². The van der Waals surface area contributed by atoms with Crippen LogP contribution in [-0.2, 0) is 14.3 Å². The van der Waals surface area contributed by atoms with Crippen LogP contribution in [0.2, 0.25) is 0 Å². The number of nitrogens with zero attached hydrogens (tertiary/aromatic N) is 2. The summed E-state index contributed by atoms with van der Waals surface area (Å²) in [5.74, 6) is -0.766. The number of thiazole rings is 1. The fourth-order valence-corrected chi connectivity index (χ4v) is 4.54. The van der Waals surface area contributed by atoms with E-state index < -0.39 is 23.5 Å². The van der Waals surface area contributed by atoms with Gasteiger partial charge in [-0.3, -0.25) is 4.79 Å². The average molecular weight is 474 g/mol. The van der Waals surface area contributed by atoms with Crippen molar-refractivity contribution in [3.8, 4) is 0 Å². The third kappa shape index (κ3) is 6.77. The van der Waals surface area contributed by atoms with E-state index >= 15 is 0 Å².